The molecule has 4 rings (SSSR count). The van der Waals surface area contributed by atoms with Gasteiger partial charge in [-0.05, 0) is 44.0 Å². The number of ether oxygens (including phenoxy) is 3. The molecule has 2 aliphatic heterocycles. The van der Waals surface area contributed by atoms with Gasteiger partial charge >= 0.3 is 0 Å². The van der Waals surface area contributed by atoms with Crippen molar-refractivity contribution in [3.05, 3.63) is 53.6 Å². The van der Waals surface area contributed by atoms with E-state index in [0.29, 0.717) is 12.8 Å². The molecule has 0 aliphatic carbocycles. The monoisotopic (exact) mass is 353 g/mol. The quantitative estimate of drug-likeness (QED) is 0.909. The maximum atomic E-state index is 12.5. The van der Waals surface area contributed by atoms with E-state index >= 15 is 0 Å². The fourth-order valence-electron chi connectivity index (χ4n) is 3.55. The summed E-state index contributed by atoms with van der Waals surface area (Å²) in [6.07, 6.45) is 1.84. The van der Waals surface area contributed by atoms with Crippen LogP contribution in [0.25, 0.3) is 0 Å². The van der Waals surface area contributed by atoms with Crippen molar-refractivity contribution in [1.29, 1.82) is 0 Å². The lowest BCUT2D eigenvalue weighted by molar-refractivity contribution is -0.122. The molecular formula is C21H23NO4. The molecule has 0 aromatic heterocycles. The molecule has 0 saturated heterocycles. The number of fused-ring (bicyclic) bond motifs is 2. The average molecular weight is 353 g/mol. The minimum absolute atomic E-state index is 0.0285. The third-order valence-electron chi connectivity index (χ3n) is 4.79. The minimum atomic E-state index is -0.302. The summed E-state index contributed by atoms with van der Waals surface area (Å²) in [6, 6.07) is 13.7. The Kier molecular flexibility index (Phi) is 4.23. The van der Waals surface area contributed by atoms with E-state index in [1.165, 1.54) is 0 Å². The van der Waals surface area contributed by atoms with Crippen molar-refractivity contribution < 1.29 is 19.0 Å². The predicted octanol–water partition coefficient (Wildman–Crippen LogP) is 3.77. The maximum Gasteiger partial charge on any atom is 0.231 e. The summed E-state index contributed by atoms with van der Waals surface area (Å²) < 4.78 is 16.7. The first-order chi connectivity index (χ1) is 12.5. The lowest BCUT2D eigenvalue weighted by Gasteiger charge is -2.37. The Morgan fingerprint density at radius 2 is 1.92 bits per heavy atom. The molecule has 0 radical (unpaired) electrons. The molecule has 1 amide bonds. The summed E-state index contributed by atoms with van der Waals surface area (Å²) in [7, 11) is 0. The topological polar surface area (TPSA) is 56.8 Å². The van der Waals surface area contributed by atoms with Gasteiger partial charge in [-0.15, -0.1) is 0 Å². The van der Waals surface area contributed by atoms with Crippen molar-refractivity contribution >= 4 is 5.91 Å². The van der Waals surface area contributed by atoms with Gasteiger partial charge in [0.2, 0.25) is 12.7 Å². The van der Waals surface area contributed by atoms with E-state index in [4.69, 9.17) is 14.2 Å². The van der Waals surface area contributed by atoms with Gasteiger partial charge < -0.3 is 19.5 Å². The molecule has 0 bridgehead atoms. The van der Waals surface area contributed by atoms with Crippen LogP contribution in [-0.4, -0.2) is 18.3 Å². The number of rotatable bonds is 4. The minimum Gasteiger partial charge on any atom is -0.487 e. The van der Waals surface area contributed by atoms with Crippen molar-refractivity contribution in [3.8, 4) is 17.2 Å². The molecule has 0 spiro atoms. The SMILES string of the molecule is CC1(C)C[C@H](NC(=O)CCc2ccc3c(c2)OCO3)c2ccccc2O1. The zero-order chi connectivity index (χ0) is 18.1. The average Bonchev–Trinajstić information content (AvgIpc) is 3.06. The third kappa shape index (κ3) is 3.47. The lowest BCUT2D eigenvalue weighted by atomic mass is 9.89. The number of aryl methyl sites for hydroxylation is 1. The molecule has 1 atom stereocenters. The lowest BCUT2D eigenvalue weighted by Crippen LogP contribution is -2.41. The molecule has 0 fully saturated rings. The van der Waals surface area contributed by atoms with Gasteiger partial charge in [0.1, 0.15) is 11.4 Å². The Bertz CT molecular complexity index is 831. The number of hydrogen-bond donors (Lipinski definition) is 1. The van der Waals surface area contributed by atoms with Gasteiger partial charge in [-0.3, -0.25) is 4.79 Å². The van der Waals surface area contributed by atoms with Crippen LogP contribution in [0.2, 0.25) is 0 Å². The van der Waals surface area contributed by atoms with Crippen molar-refractivity contribution in [2.75, 3.05) is 6.79 Å². The Labute approximate surface area is 153 Å². The van der Waals surface area contributed by atoms with Crippen LogP contribution in [0.4, 0.5) is 0 Å². The smallest absolute Gasteiger partial charge is 0.231 e. The Hall–Kier alpha value is -2.69. The maximum absolute atomic E-state index is 12.5. The molecule has 2 aromatic rings. The van der Waals surface area contributed by atoms with Crippen LogP contribution in [0, 0.1) is 0 Å². The Balaban J connectivity index is 1.40. The van der Waals surface area contributed by atoms with Crippen LogP contribution in [0.1, 0.15) is 43.9 Å². The van der Waals surface area contributed by atoms with E-state index in [1.54, 1.807) is 0 Å². The summed E-state index contributed by atoms with van der Waals surface area (Å²) in [5.74, 6) is 2.41. The zero-order valence-electron chi connectivity index (χ0n) is 15.1. The number of carbonyl (C=O) groups is 1. The number of carbonyl (C=O) groups excluding carboxylic acids is 1. The summed E-state index contributed by atoms with van der Waals surface area (Å²) >= 11 is 0. The zero-order valence-corrected chi connectivity index (χ0v) is 15.1. The first-order valence-corrected chi connectivity index (χ1v) is 8.96. The van der Waals surface area contributed by atoms with Crippen molar-refractivity contribution in [3.63, 3.8) is 0 Å². The fraction of sp³-hybridized carbons (Fsp3) is 0.381. The second kappa shape index (κ2) is 6.56. The molecule has 5 heteroatoms. The number of amides is 1. The standard InChI is InChI=1S/C21H23NO4/c1-21(2)12-16(15-5-3-4-6-17(15)26-21)22-20(23)10-8-14-7-9-18-19(11-14)25-13-24-18/h3-7,9,11,16H,8,10,12-13H2,1-2H3,(H,22,23)/t16-/m0/s1. The van der Waals surface area contributed by atoms with Crippen LogP contribution >= 0.6 is 0 Å². The highest BCUT2D eigenvalue weighted by atomic mass is 16.7. The molecule has 2 aromatic carbocycles. The van der Waals surface area contributed by atoms with Crippen LogP contribution in [0.15, 0.2) is 42.5 Å². The Morgan fingerprint density at radius 1 is 1.12 bits per heavy atom. The molecule has 2 heterocycles. The van der Waals surface area contributed by atoms with E-state index in [-0.39, 0.29) is 24.3 Å². The fourth-order valence-corrected chi connectivity index (χ4v) is 3.55. The molecule has 1 N–H and O–H groups in total. The van der Waals surface area contributed by atoms with Gasteiger partial charge in [-0.25, -0.2) is 0 Å². The number of hydrogen-bond acceptors (Lipinski definition) is 4. The normalized spacial score (nSPS) is 19.4. The molecule has 26 heavy (non-hydrogen) atoms. The van der Waals surface area contributed by atoms with Gasteiger partial charge in [0.15, 0.2) is 11.5 Å². The number of nitrogens with one attached hydrogen (secondary N) is 1. The van der Waals surface area contributed by atoms with E-state index in [1.807, 2.05) is 42.5 Å². The van der Waals surface area contributed by atoms with E-state index in [0.717, 1.165) is 34.8 Å². The summed E-state index contributed by atoms with van der Waals surface area (Å²) in [5.41, 5.74) is 1.81. The first-order valence-electron chi connectivity index (χ1n) is 8.96. The molecular weight excluding hydrogens is 330 g/mol. The molecule has 2 aliphatic rings. The molecule has 5 nitrogen and oxygen atoms in total. The number of benzene rings is 2. The highest BCUT2D eigenvalue weighted by Gasteiger charge is 2.34. The summed E-state index contributed by atoms with van der Waals surface area (Å²) in [4.78, 5) is 12.5. The van der Waals surface area contributed by atoms with E-state index in [9.17, 15) is 4.79 Å². The van der Waals surface area contributed by atoms with Crippen molar-refractivity contribution in [2.24, 2.45) is 0 Å². The van der Waals surface area contributed by atoms with E-state index in [2.05, 4.69) is 19.2 Å². The van der Waals surface area contributed by atoms with Crippen LogP contribution < -0.4 is 19.5 Å². The van der Waals surface area contributed by atoms with Crippen LogP contribution in [-0.2, 0) is 11.2 Å². The molecule has 0 saturated carbocycles. The highest BCUT2D eigenvalue weighted by Crippen LogP contribution is 2.39. The van der Waals surface area contributed by atoms with Crippen LogP contribution in [0.5, 0.6) is 17.2 Å². The highest BCUT2D eigenvalue weighted by molar-refractivity contribution is 5.77. The summed E-state index contributed by atoms with van der Waals surface area (Å²) in [5, 5.41) is 3.18. The van der Waals surface area contributed by atoms with E-state index < -0.39 is 0 Å². The van der Waals surface area contributed by atoms with Crippen molar-refractivity contribution in [2.45, 2.75) is 44.8 Å². The van der Waals surface area contributed by atoms with Crippen LogP contribution in [0.3, 0.4) is 0 Å². The van der Waals surface area contributed by atoms with Gasteiger partial charge in [-0.2, -0.15) is 0 Å². The predicted molar refractivity (Wildman–Crippen MR) is 97.5 cm³/mol. The second-order valence-corrected chi connectivity index (χ2v) is 7.41. The molecule has 136 valence electrons. The second-order valence-electron chi connectivity index (χ2n) is 7.41. The van der Waals surface area contributed by atoms with Crippen molar-refractivity contribution in [1.82, 2.24) is 5.32 Å². The van der Waals surface area contributed by atoms with Gasteiger partial charge in [0.05, 0.1) is 6.04 Å². The third-order valence-corrected chi connectivity index (χ3v) is 4.79. The first kappa shape index (κ1) is 16.8. The summed E-state index contributed by atoms with van der Waals surface area (Å²) in [6.45, 7) is 4.36. The molecule has 0 unspecified atom stereocenters. The van der Waals surface area contributed by atoms with Gasteiger partial charge in [-0.1, -0.05) is 24.3 Å². The number of para-hydroxylation sites is 1. The largest absolute Gasteiger partial charge is 0.487 e. The Morgan fingerprint density at radius 3 is 2.81 bits per heavy atom. The van der Waals surface area contributed by atoms with Gasteiger partial charge in [0.25, 0.3) is 0 Å². The van der Waals surface area contributed by atoms with Gasteiger partial charge in [0, 0.05) is 18.4 Å².